The van der Waals surface area contributed by atoms with Gasteiger partial charge in [-0.25, -0.2) is 4.79 Å². The van der Waals surface area contributed by atoms with E-state index in [1.54, 1.807) is 36.0 Å². The van der Waals surface area contributed by atoms with Crippen molar-refractivity contribution in [1.82, 2.24) is 5.32 Å². The zero-order valence-corrected chi connectivity index (χ0v) is 12.9. The molecule has 5 nitrogen and oxygen atoms in total. The number of ether oxygens (including phenoxy) is 1. The van der Waals surface area contributed by atoms with E-state index in [0.29, 0.717) is 23.6 Å². The van der Waals surface area contributed by atoms with Gasteiger partial charge in [0, 0.05) is 5.02 Å². The van der Waals surface area contributed by atoms with Gasteiger partial charge in [-0.05, 0) is 48.6 Å². The molecule has 2 N–H and O–H groups in total. The number of hydrogen-bond donors (Lipinski definition) is 2. The molecule has 7 heteroatoms. The van der Waals surface area contributed by atoms with Gasteiger partial charge in [-0.2, -0.15) is 11.8 Å². The van der Waals surface area contributed by atoms with Crippen molar-refractivity contribution in [2.75, 3.05) is 18.1 Å². The molecular weight excluding hydrogens is 314 g/mol. The highest BCUT2D eigenvalue weighted by atomic mass is 35.5. The quantitative estimate of drug-likeness (QED) is 0.866. The number of carboxylic acids is 1. The molecule has 114 valence electrons. The van der Waals surface area contributed by atoms with Crippen LogP contribution in [0.1, 0.15) is 12.8 Å². The van der Waals surface area contributed by atoms with Crippen LogP contribution in [-0.4, -0.2) is 40.6 Å². The molecule has 0 atom stereocenters. The molecule has 1 fully saturated rings. The number of halogens is 1. The number of carbonyl (C=O) groups excluding carboxylic acids is 1. The third-order valence-electron chi connectivity index (χ3n) is 3.32. The Kier molecular flexibility index (Phi) is 5.36. The molecule has 0 unspecified atom stereocenters. The second kappa shape index (κ2) is 7.04. The lowest BCUT2D eigenvalue weighted by molar-refractivity contribution is -0.148. The SMILES string of the molecule is O=C(COc1ccc(Cl)cc1)NC1(C(=O)O)CCSCC1. The summed E-state index contributed by atoms with van der Waals surface area (Å²) < 4.78 is 5.32. The molecule has 1 aliphatic rings. The zero-order chi connectivity index (χ0) is 15.3. The van der Waals surface area contributed by atoms with Gasteiger partial charge in [-0.3, -0.25) is 4.79 Å². The summed E-state index contributed by atoms with van der Waals surface area (Å²) in [5, 5.41) is 12.6. The summed E-state index contributed by atoms with van der Waals surface area (Å²) in [6.45, 7) is -0.218. The molecule has 1 aliphatic heterocycles. The molecule has 0 bridgehead atoms. The maximum Gasteiger partial charge on any atom is 0.329 e. The van der Waals surface area contributed by atoms with Crippen LogP contribution in [0.15, 0.2) is 24.3 Å². The van der Waals surface area contributed by atoms with Gasteiger partial charge in [0.2, 0.25) is 0 Å². The van der Waals surface area contributed by atoms with E-state index in [0.717, 1.165) is 11.5 Å². The first-order valence-electron chi connectivity index (χ1n) is 6.52. The molecule has 1 amide bonds. The standard InChI is InChI=1S/C14H16ClNO4S/c15-10-1-3-11(4-2-10)20-9-12(17)16-14(13(18)19)5-7-21-8-6-14/h1-4H,5-9H2,(H,16,17)(H,18,19). The molecule has 1 heterocycles. The molecule has 0 spiro atoms. The van der Waals surface area contributed by atoms with Gasteiger partial charge in [0.25, 0.3) is 5.91 Å². The van der Waals surface area contributed by atoms with E-state index in [2.05, 4.69) is 5.32 Å². The highest BCUT2D eigenvalue weighted by Gasteiger charge is 2.41. The molecule has 1 aromatic rings. The molecule has 0 aliphatic carbocycles. The van der Waals surface area contributed by atoms with Gasteiger partial charge in [0.1, 0.15) is 11.3 Å². The fraction of sp³-hybridized carbons (Fsp3) is 0.429. The number of aliphatic carboxylic acids is 1. The average Bonchev–Trinajstić information content (AvgIpc) is 2.47. The van der Waals surface area contributed by atoms with Crippen LogP contribution in [0, 0.1) is 0 Å². The van der Waals surface area contributed by atoms with E-state index in [9.17, 15) is 14.7 Å². The Bertz CT molecular complexity index is 514. The van der Waals surface area contributed by atoms with Crippen LogP contribution in [-0.2, 0) is 9.59 Å². The van der Waals surface area contributed by atoms with E-state index in [1.165, 1.54) is 0 Å². The van der Waals surface area contributed by atoms with Crippen molar-refractivity contribution in [2.45, 2.75) is 18.4 Å². The normalized spacial score (nSPS) is 17.0. The molecule has 2 rings (SSSR count). The Hall–Kier alpha value is -1.40. The summed E-state index contributed by atoms with van der Waals surface area (Å²) in [5.74, 6) is 0.551. The second-order valence-corrected chi connectivity index (χ2v) is 6.45. The van der Waals surface area contributed by atoms with E-state index < -0.39 is 17.4 Å². The predicted molar refractivity (Wildman–Crippen MR) is 82.0 cm³/mol. The number of rotatable bonds is 5. The summed E-state index contributed by atoms with van der Waals surface area (Å²) in [5.41, 5.74) is -1.16. The van der Waals surface area contributed by atoms with Crippen molar-refractivity contribution in [3.05, 3.63) is 29.3 Å². The lowest BCUT2D eigenvalue weighted by Gasteiger charge is -2.33. The minimum Gasteiger partial charge on any atom is -0.484 e. The van der Waals surface area contributed by atoms with Crippen molar-refractivity contribution < 1.29 is 19.4 Å². The highest BCUT2D eigenvalue weighted by Crippen LogP contribution is 2.27. The highest BCUT2D eigenvalue weighted by molar-refractivity contribution is 7.99. The van der Waals surface area contributed by atoms with Crippen LogP contribution >= 0.6 is 23.4 Å². The zero-order valence-electron chi connectivity index (χ0n) is 11.3. The Morgan fingerprint density at radius 3 is 2.48 bits per heavy atom. The van der Waals surface area contributed by atoms with Crippen molar-refractivity contribution in [3.63, 3.8) is 0 Å². The van der Waals surface area contributed by atoms with E-state index >= 15 is 0 Å². The first-order chi connectivity index (χ1) is 10.0. The van der Waals surface area contributed by atoms with E-state index in [-0.39, 0.29) is 6.61 Å². The molecule has 0 saturated carbocycles. The van der Waals surface area contributed by atoms with Gasteiger partial charge < -0.3 is 15.2 Å². The molecule has 0 radical (unpaired) electrons. The van der Waals surface area contributed by atoms with Crippen molar-refractivity contribution in [3.8, 4) is 5.75 Å². The van der Waals surface area contributed by atoms with Gasteiger partial charge in [0.15, 0.2) is 6.61 Å². The number of benzene rings is 1. The largest absolute Gasteiger partial charge is 0.484 e. The fourth-order valence-electron chi connectivity index (χ4n) is 2.09. The Balaban J connectivity index is 1.90. The van der Waals surface area contributed by atoms with Crippen LogP contribution in [0.5, 0.6) is 5.75 Å². The topological polar surface area (TPSA) is 75.6 Å². The minimum absolute atomic E-state index is 0.218. The Labute approximate surface area is 132 Å². The van der Waals surface area contributed by atoms with Crippen molar-refractivity contribution >= 4 is 35.2 Å². The van der Waals surface area contributed by atoms with Gasteiger partial charge in [-0.1, -0.05) is 11.6 Å². The number of carboxylic acid groups (broad SMARTS) is 1. The van der Waals surface area contributed by atoms with Crippen LogP contribution in [0.2, 0.25) is 5.02 Å². The Morgan fingerprint density at radius 1 is 1.29 bits per heavy atom. The van der Waals surface area contributed by atoms with Gasteiger partial charge in [-0.15, -0.1) is 0 Å². The first kappa shape index (κ1) is 16.0. The fourth-order valence-corrected chi connectivity index (χ4v) is 3.41. The van der Waals surface area contributed by atoms with E-state index in [1.807, 2.05) is 0 Å². The van der Waals surface area contributed by atoms with Crippen LogP contribution in [0.25, 0.3) is 0 Å². The third-order valence-corrected chi connectivity index (χ3v) is 4.56. The number of thioether (sulfide) groups is 1. The van der Waals surface area contributed by atoms with Crippen LogP contribution in [0.3, 0.4) is 0 Å². The average molecular weight is 330 g/mol. The number of carbonyl (C=O) groups is 2. The summed E-state index contributed by atoms with van der Waals surface area (Å²) >= 11 is 7.45. The van der Waals surface area contributed by atoms with Gasteiger partial charge in [0.05, 0.1) is 0 Å². The van der Waals surface area contributed by atoms with E-state index in [4.69, 9.17) is 16.3 Å². The molecule has 1 aromatic carbocycles. The third kappa shape index (κ3) is 4.28. The molecular formula is C14H16ClNO4S. The molecule has 1 saturated heterocycles. The summed E-state index contributed by atoms with van der Waals surface area (Å²) in [6, 6.07) is 6.62. The minimum atomic E-state index is -1.16. The Morgan fingerprint density at radius 2 is 1.90 bits per heavy atom. The van der Waals surface area contributed by atoms with Crippen LogP contribution < -0.4 is 10.1 Å². The monoisotopic (exact) mass is 329 g/mol. The number of amides is 1. The maximum absolute atomic E-state index is 11.9. The maximum atomic E-state index is 11.9. The smallest absolute Gasteiger partial charge is 0.329 e. The first-order valence-corrected chi connectivity index (χ1v) is 8.06. The number of nitrogens with one attached hydrogen (secondary N) is 1. The number of hydrogen-bond acceptors (Lipinski definition) is 4. The van der Waals surface area contributed by atoms with Gasteiger partial charge >= 0.3 is 5.97 Å². The van der Waals surface area contributed by atoms with Crippen molar-refractivity contribution in [1.29, 1.82) is 0 Å². The summed E-state index contributed by atoms with van der Waals surface area (Å²) in [7, 11) is 0. The lowest BCUT2D eigenvalue weighted by Crippen LogP contribution is -2.57. The molecule has 0 aromatic heterocycles. The molecule has 21 heavy (non-hydrogen) atoms. The van der Waals surface area contributed by atoms with Crippen molar-refractivity contribution in [2.24, 2.45) is 0 Å². The second-order valence-electron chi connectivity index (χ2n) is 4.79. The summed E-state index contributed by atoms with van der Waals surface area (Å²) in [6.07, 6.45) is 0.860. The predicted octanol–water partition coefficient (Wildman–Crippen LogP) is 2.19. The van der Waals surface area contributed by atoms with Crippen LogP contribution in [0.4, 0.5) is 0 Å². The summed E-state index contributed by atoms with van der Waals surface area (Å²) in [4.78, 5) is 23.4. The lowest BCUT2D eigenvalue weighted by atomic mass is 9.92.